The molecule has 0 saturated heterocycles. The first-order valence-corrected chi connectivity index (χ1v) is 8.32. The molecule has 0 bridgehead atoms. The van der Waals surface area contributed by atoms with E-state index in [-0.39, 0.29) is 30.3 Å². The third-order valence-corrected chi connectivity index (χ3v) is 4.55. The predicted molar refractivity (Wildman–Crippen MR) is 90.7 cm³/mol. The van der Waals surface area contributed by atoms with Crippen LogP contribution >= 0.6 is 0 Å². The van der Waals surface area contributed by atoms with E-state index in [1.807, 2.05) is 31.2 Å². The van der Waals surface area contributed by atoms with Crippen molar-refractivity contribution in [2.45, 2.75) is 51.6 Å². The smallest absolute Gasteiger partial charge is 0.222 e. The average Bonchev–Trinajstić information content (AvgIpc) is 2.94. The molecule has 5 heteroatoms. The van der Waals surface area contributed by atoms with Crippen LogP contribution in [0.1, 0.15) is 49.8 Å². The van der Waals surface area contributed by atoms with Gasteiger partial charge >= 0.3 is 0 Å². The van der Waals surface area contributed by atoms with Gasteiger partial charge in [0, 0.05) is 13.0 Å². The van der Waals surface area contributed by atoms with Gasteiger partial charge < -0.3 is 16.4 Å². The van der Waals surface area contributed by atoms with Gasteiger partial charge in [0.25, 0.3) is 0 Å². The third kappa shape index (κ3) is 5.06. The third-order valence-electron chi connectivity index (χ3n) is 4.55. The van der Waals surface area contributed by atoms with Crippen molar-refractivity contribution in [3.8, 4) is 0 Å². The number of carbonyl (C=O) groups excluding carboxylic acids is 2. The first-order chi connectivity index (χ1) is 11.0. The van der Waals surface area contributed by atoms with Crippen molar-refractivity contribution in [1.82, 2.24) is 10.6 Å². The number of carbonyl (C=O) groups is 2. The molecule has 3 atom stereocenters. The number of nitrogens with two attached hydrogens (primary N) is 1. The summed E-state index contributed by atoms with van der Waals surface area (Å²) in [4.78, 5) is 23.8. The molecule has 1 aromatic rings. The maximum absolute atomic E-state index is 12.4. The highest BCUT2D eigenvalue weighted by Crippen LogP contribution is 2.25. The lowest BCUT2D eigenvalue weighted by atomic mass is 10.0. The zero-order valence-corrected chi connectivity index (χ0v) is 14.0. The molecule has 0 heterocycles. The first kappa shape index (κ1) is 17.5. The van der Waals surface area contributed by atoms with Gasteiger partial charge in [-0.15, -0.1) is 0 Å². The Morgan fingerprint density at radius 2 is 1.96 bits per heavy atom. The molecule has 1 aliphatic carbocycles. The topological polar surface area (TPSA) is 84.2 Å². The van der Waals surface area contributed by atoms with Crippen LogP contribution in [0.2, 0.25) is 0 Å². The SMILES string of the molecule is CC(=O)NC(CC(=O)NC1CCCC1CN)c1ccc(C)cc1. The Balaban J connectivity index is 2.00. The molecule has 1 fully saturated rings. The molecule has 0 radical (unpaired) electrons. The molecule has 5 nitrogen and oxygen atoms in total. The second-order valence-electron chi connectivity index (χ2n) is 6.47. The monoisotopic (exact) mass is 317 g/mol. The van der Waals surface area contributed by atoms with Gasteiger partial charge in [-0.25, -0.2) is 0 Å². The first-order valence-electron chi connectivity index (χ1n) is 8.32. The Morgan fingerprint density at radius 1 is 1.26 bits per heavy atom. The van der Waals surface area contributed by atoms with Crippen LogP contribution in [0, 0.1) is 12.8 Å². The van der Waals surface area contributed by atoms with E-state index in [1.54, 1.807) is 0 Å². The van der Waals surface area contributed by atoms with Gasteiger partial charge in [-0.1, -0.05) is 36.2 Å². The van der Waals surface area contributed by atoms with Gasteiger partial charge in [0.2, 0.25) is 11.8 Å². The zero-order valence-electron chi connectivity index (χ0n) is 14.0. The lowest BCUT2D eigenvalue weighted by molar-refractivity contribution is -0.123. The summed E-state index contributed by atoms with van der Waals surface area (Å²) in [5, 5.41) is 5.97. The van der Waals surface area contributed by atoms with Crippen molar-refractivity contribution >= 4 is 11.8 Å². The summed E-state index contributed by atoms with van der Waals surface area (Å²) in [5.74, 6) is 0.205. The molecule has 1 aliphatic rings. The van der Waals surface area contributed by atoms with Gasteiger partial charge in [0.1, 0.15) is 0 Å². The van der Waals surface area contributed by atoms with E-state index >= 15 is 0 Å². The van der Waals surface area contributed by atoms with Crippen molar-refractivity contribution in [3.63, 3.8) is 0 Å². The average molecular weight is 317 g/mol. The summed E-state index contributed by atoms with van der Waals surface area (Å²) < 4.78 is 0. The van der Waals surface area contributed by atoms with E-state index < -0.39 is 0 Å². The second kappa shape index (κ2) is 8.11. The lowest BCUT2D eigenvalue weighted by Crippen LogP contribution is -2.41. The Morgan fingerprint density at radius 3 is 2.57 bits per heavy atom. The van der Waals surface area contributed by atoms with Crippen molar-refractivity contribution in [1.29, 1.82) is 0 Å². The minimum absolute atomic E-state index is 0.0327. The van der Waals surface area contributed by atoms with Crippen LogP contribution in [0.15, 0.2) is 24.3 Å². The number of benzene rings is 1. The molecular weight excluding hydrogens is 290 g/mol. The summed E-state index contributed by atoms with van der Waals surface area (Å²) in [6.07, 6.45) is 3.42. The molecule has 0 aliphatic heterocycles. The van der Waals surface area contributed by atoms with Crippen molar-refractivity contribution in [2.24, 2.45) is 11.7 Å². The number of nitrogens with one attached hydrogen (secondary N) is 2. The Labute approximate surface area is 138 Å². The van der Waals surface area contributed by atoms with Crippen molar-refractivity contribution < 1.29 is 9.59 Å². The quantitative estimate of drug-likeness (QED) is 0.748. The highest BCUT2D eigenvalue weighted by molar-refractivity contribution is 5.79. The minimum Gasteiger partial charge on any atom is -0.353 e. The Bertz CT molecular complexity index is 542. The van der Waals surface area contributed by atoms with E-state index in [0.29, 0.717) is 12.5 Å². The Kier molecular flexibility index (Phi) is 6.16. The zero-order chi connectivity index (χ0) is 16.8. The van der Waals surface area contributed by atoms with Gasteiger partial charge in [-0.2, -0.15) is 0 Å². The second-order valence-corrected chi connectivity index (χ2v) is 6.47. The standard InChI is InChI=1S/C18H27N3O2/c1-12-6-8-14(9-7-12)17(20-13(2)22)10-18(23)21-16-5-3-4-15(16)11-19/h6-9,15-17H,3-5,10-11,19H2,1-2H3,(H,20,22)(H,21,23). The van der Waals surface area contributed by atoms with E-state index in [9.17, 15) is 9.59 Å². The number of aryl methyl sites for hydroxylation is 1. The lowest BCUT2D eigenvalue weighted by Gasteiger charge is -2.22. The van der Waals surface area contributed by atoms with Gasteiger partial charge in [0.15, 0.2) is 0 Å². The van der Waals surface area contributed by atoms with E-state index in [4.69, 9.17) is 5.73 Å². The molecule has 2 rings (SSSR count). The van der Waals surface area contributed by atoms with E-state index in [2.05, 4.69) is 10.6 Å². The summed E-state index contributed by atoms with van der Waals surface area (Å²) in [7, 11) is 0. The summed E-state index contributed by atoms with van der Waals surface area (Å²) in [6, 6.07) is 7.77. The van der Waals surface area contributed by atoms with Crippen LogP contribution in [0.5, 0.6) is 0 Å². The van der Waals surface area contributed by atoms with Crippen molar-refractivity contribution in [3.05, 3.63) is 35.4 Å². The number of rotatable bonds is 6. The van der Waals surface area contributed by atoms with E-state index in [1.165, 1.54) is 6.92 Å². The number of hydrogen-bond acceptors (Lipinski definition) is 3. The molecule has 2 amide bonds. The van der Waals surface area contributed by atoms with Gasteiger partial charge in [0.05, 0.1) is 12.5 Å². The van der Waals surface area contributed by atoms with Crippen LogP contribution in [0.25, 0.3) is 0 Å². The molecule has 1 saturated carbocycles. The summed E-state index contributed by atoms with van der Waals surface area (Å²) >= 11 is 0. The van der Waals surface area contributed by atoms with Crippen LogP contribution in [-0.4, -0.2) is 24.4 Å². The largest absolute Gasteiger partial charge is 0.353 e. The molecule has 3 unspecified atom stereocenters. The van der Waals surface area contributed by atoms with Gasteiger partial charge in [-0.3, -0.25) is 9.59 Å². The molecule has 23 heavy (non-hydrogen) atoms. The maximum atomic E-state index is 12.4. The molecule has 0 aromatic heterocycles. The fraction of sp³-hybridized carbons (Fsp3) is 0.556. The van der Waals surface area contributed by atoms with Crippen LogP contribution < -0.4 is 16.4 Å². The molecule has 126 valence electrons. The van der Waals surface area contributed by atoms with Gasteiger partial charge in [-0.05, 0) is 37.8 Å². The fourth-order valence-electron chi connectivity index (χ4n) is 3.26. The number of hydrogen-bond donors (Lipinski definition) is 3. The summed E-state index contributed by atoms with van der Waals surface area (Å²) in [6.45, 7) is 4.09. The highest BCUT2D eigenvalue weighted by Gasteiger charge is 2.28. The molecule has 4 N–H and O–H groups in total. The molecule has 0 spiro atoms. The molecule has 1 aromatic carbocycles. The normalized spacial score (nSPS) is 21.7. The van der Waals surface area contributed by atoms with Crippen LogP contribution in [0.3, 0.4) is 0 Å². The van der Waals surface area contributed by atoms with E-state index in [0.717, 1.165) is 30.4 Å². The maximum Gasteiger partial charge on any atom is 0.222 e. The fourth-order valence-corrected chi connectivity index (χ4v) is 3.26. The highest BCUT2D eigenvalue weighted by atomic mass is 16.2. The number of amides is 2. The minimum atomic E-state index is -0.300. The Hall–Kier alpha value is -1.88. The predicted octanol–water partition coefficient (Wildman–Crippen LogP) is 1.81. The van der Waals surface area contributed by atoms with Crippen LogP contribution in [0.4, 0.5) is 0 Å². The van der Waals surface area contributed by atoms with Crippen LogP contribution in [-0.2, 0) is 9.59 Å². The molecular formula is C18H27N3O2. The summed E-state index contributed by atoms with van der Waals surface area (Å²) in [5.41, 5.74) is 7.86. The van der Waals surface area contributed by atoms with Crippen molar-refractivity contribution in [2.75, 3.05) is 6.54 Å².